The molecule has 0 bridgehead atoms. The Morgan fingerprint density at radius 1 is 1.04 bits per heavy atom. The van der Waals surface area contributed by atoms with Crippen LogP contribution in [0, 0.1) is 17.8 Å². The molecular formula is C21H24N2O. The first-order valence-electron chi connectivity index (χ1n) is 8.85. The van der Waals surface area contributed by atoms with Crippen molar-refractivity contribution in [2.24, 2.45) is 23.5 Å². The molecule has 1 saturated carbocycles. The van der Waals surface area contributed by atoms with E-state index in [1.165, 1.54) is 11.1 Å². The molecule has 4 unspecified atom stereocenters. The summed E-state index contributed by atoms with van der Waals surface area (Å²) in [5.74, 6) is 1.58. The average molecular weight is 320 g/mol. The highest BCUT2D eigenvalue weighted by atomic mass is 16.1. The molecule has 0 amide bonds. The van der Waals surface area contributed by atoms with E-state index in [1.54, 1.807) is 0 Å². The van der Waals surface area contributed by atoms with Gasteiger partial charge in [0.2, 0.25) is 0 Å². The highest BCUT2D eigenvalue weighted by Crippen LogP contribution is 2.51. The standard InChI is InChI=1S/C21H24N2O/c22-12-18(24)20-17-11-16(17)13-23-21(20)19(14-7-3-1-4-8-14)15-9-5-2-6-10-15/h1-10,16-17,19-21,23H,11-13,22H2. The molecule has 1 heterocycles. The van der Waals surface area contributed by atoms with Gasteiger partial charge in [-0.2, -0.15) is 0 Å². The fourth-order valence-electron chi connectivity index (χ4n) is 4.45. The van der Waals surface area contributed by atoms with Gasteiger partial charge in [-0.15, -0.1) is 0 Å². The number of fused-ring (bicyclic) bond motifs is 1. The minimum atomic E-state index is 0.0270. The number of benzene rings is 2. The summed E-state index contributed by atoms with van der Waals surface area (Å²) in [5, 5.41) is 3.70. The van der Waals surface area contributed by atoms with E-state index in [0.29, 0.717) is 11.8 Å². The Labute approximate surface area is 143 Å². The van der Waals surface area contributed by atoms with E-state index in [1.807, 2.05) is 12.1 Å². The molecule has 4 atom stereocenters. The lowest BCUT2D eigenvalue weighted by Gasteiger charge is -2.37. The number of ketones is 1. The number of Topliss-reactive ketones (excluding diaryl/α,β-unsaturated/α-hetero) is 1. The second-order valence-electron chi connectivity index (χ2n) is 7.09. The maximum Gasteiger partial charge on any atom is 0.151 e. The Balaban J connectivity index is 1.76. The van der Waals surface area contributed by atoms with Crippen LogP contribution in [-0.2, 0) is 4.79 Å². The molecule has 0 spiro atoms. The lowest BCUT2D eigenvalue weighted by molar-refractivity contribution is -0.123. The van der Waals surface area contributed by atoms with Crippen molar-refractivity contribution in [1.29, 1.82) is 0 Å². The van der Waals surface area contributed by atoms with E-state index in [9.17, 15) is 4.79 Å². The summed E-state index contributed by atoms with van der Waals surface area (Å²) in [5.41, 5.74) is 8.26. The third-order valence-electron chi connectivity index (χ3n) is 5.69. The van der Waals surface area contributed by atoms with Crippen LogP contribution in [0.2, 0.25) is 0 Å². The molecule has 2 aromatic rings. The first-order valence-corrected chi connectivity index (χ1v) is 8.85. The molecule has 24 heavy (non-hydrogen) atoms. The van der Waals surface area contributed by atoms with Crippen molar-refractivity contribution >= 4 is 5.78 Å². The summed E-state index contributed by atoms with van der Waals surface area (Å²) in [7, 11) is 0. The highest BCUT2D eigenvalue weighted by Gasteiger charge is 2.53. The van der Waals surface area contributed by atoms with E-state index in [2.05, 4.69) is 53.8 Å². The van der Waals surface area contributed by atoms with Crippen LogP contribution < -0.4 is 11.1 Å². The van der Waals surface area contributed by atoms with Gasteiger partial charge in [-0.1, -0.05) is 60.7 Å². The highest BCUT2D eigenvalue weighted by molar-refractivity contribution is 5.84. The molecular weight excluding hydrogens is 296 g/mol. The van der Waals surface area contributed by atoms with E-state index in [-0.39, 0.29) is 30.2 Å². The molecule has 3 heteroatoms. The zero-order chi connectivity index (χ0) is 16.5. The van der Waals surface area contributed by atoms with Gasteiger partial charge >= 0.3 is 0 Å². The fourth-order valence-corrected chi connectivity index (χ4v) is 4.45. The van der Waals surface area contributed by atoms with Crippen LogP contribution >= 0.6 is 0 Å². The number of carbonyl (C=O) groups is 1. The van der Waals surface area contributed by atoms with Crippen molar-refractivity contribution in [2.45, 2.75) is 18.4 Å². The molecule has 2 aliphatic rings. The SMILES string of the molecule is NCC(=O)C1C2CC2CNC1C(c1ccccc1)c1ccccc1. The van der Waals surface area contributed by atoms with Gasteiger partial charge in [-0.05, 0) is 35.9 Å². The van der Waals surface area contributed by atoms with Crippen LogP contribution in [0.4, 0.5) is 0 Å². The van der Waals surface area contributed by atoms with Crippen LogP contribution in [-0.4, -0.2) is 24.9 Å². The third-order valence-corrected chi connectivity index (χ3v) is 5.69. The van der Waals surface area contributed by atoms with Crippen LogP contribution in [0.25, 0.3) is 0 Å². The largest absolute Gasteiger partial charge is 0.324 e. The van der Waals surface area contributed by atoms with Crippen LogP contribution in [0.5, 0.6) is 0 Å². The van der Waals surface area contributed by atoms with Crippen LogP contribution in [0.1, 0.15) is 23.5 Å². The third kappa shape index (κ3) is 2.79. The average Bonchev–Trinajstić information content (AvgIpc) is 3.42. The Kier molecular flexibility index (Phi) is 4.21. The summed E-state index contributed by atoms with van der Waals surface area (Å²) < 4.78 is 0. The van der Waals surface area contributed by atoms with Crippen molar-refractivity contribution in [3.63, 3.8) is 0 Å². The predicted molar refractivity (Wildman–Crippen MR) is 95.7 cm³/mol. The number of hydrogen-bond donors (Lipinski definition) is 2. The number of carbonyl (C=O) groups excluding carboxylic acids is 1. The second-order valence-corrected chi connectivity index (χ2v) is 7.09. The van der Waals surface area contributed by atoms with E-state index in [4.69, 9.17) is 5.73 Å². The maximum absolute atomic E-state index is 12.6. The predicted octanol–water partition coefficient (Wildman–Crippen LogP) is 2.57. The Morgan fingerprint density at radius 3 is 2.17 bits per heavy atom. The normalized spacial score (nSPS) is 28.4. The maximum atomic E-state index is 12.6. The van der Waals surface area contributed by atoms with Gasteiger partial charge in [0.05, 0.1) is 6.54 Å². The van der Waals surface area contributed by atoms with E-state index in [0.717, 1.165) is 13.0 Å². The van der Waals surface area contributed by atoms with Crippen molar-refractivity contribution in [3.8, 4) is 0 Å². The van der Waals surface area contributed by atoms with Crippen LogP contribution in [0.15, 0.2) is 60.7 Å². The number of piperidine rings is 1. The zero-order valence-corrected chi connectivity index (χ0v) is 13.8. The molecule has 124 valence electrons. The van der Waals surface area contributed by atoms with Crippen molar-refractivity contribution < 1.29 is 4.79 Å². The Bertz CT molecular complexity index is 661. The fraction of sp³-hybridized carbons (Fsp3) is 0.381. The van der Waals surface area contributed by atoms with E-state index < -0.39 is 0 Å². The number of hydrogen-bond acceptors (Lipinski definition) is 3. The molecule has 0 radical (unpaired) electrons. The van der Waals surface area contributed by atoms with Gasteiger partial charge in [0.15, 0.2) is 5.78 Å². The summed E-state index contributed by atoms with van der Waals surface area (Å²) in [4.78, 5) is 12.6. The first kappa shape index (κ1) is 15.6. The van der Waals surface area contributed by atoms with Crippen molar-refractivity contribution in [1.82, 2.24) is 5.32 Å². The van der Waals surface area contributed by atoms with E-state index >= 15 is 0 Å². The molecule has 3 nitrogen and oxygen atoms in total. The Morgan fingerprint density at radius 2 is 1.62 bits per heavy atom. The lowest BCUT2D eigenvalue weighted by atomic mass is 9.74. The summed E-state index contributed by atoms with van der Waals surface area (Å²) in [6, 6.07) is 21.2. The second kappa shape index (κ2) is 6.50. The van der Waals surface area contributed by atoms with Gasteiger partial charge in [0, 0.05) is 17.9 Å². The zero-order valence-electron chi connectivity index (χ0n) is 13.8. The molecule has 1 aliphatic carbocycles. The summed E-state index contributed by atoms with van der Waals surface area (Å²) in [6.07, 6.45) is 1.16. The minimum Gasteiger partial charge on any atom is -0.324 e. The molecule has 3 N–H and O–H groups in total. The molecule has 2 fully saturated rings. The monoisotopic (exact) mass is 320 g/mol. The summed E-state index contributed by atoms with van der Waals surface area (Å²) in [6.45, 7) is 1.15. The topological polar surface area (TPSA) is 55.1 Å². The molecule has 1 saturated heterocycles. The minimum absolute atomic E-state index is 0.0270. The van der Waals surface area contributed by atoms with Gasteiger partial charge in [0.25, 0.3) is 0 Å². The van der Waals surface area contributed by atoms with Crippen LogP contribution in [0.3, 0.4) is 0 Å². The molecule has 1 aliphatic heterocycles. The number of nitrogens with two attached hydrogens (primary N) is 1. The van der Waals surface area contributed by atoms with Gasteiger partial charge < -0.3 is 11.1 Å². The van der Waals surface area contributed by atoms with Gasteiger partial charge in [0.1, 0.15) is 0 Å². The van der Waals surface area contributed by atoms with Crippen molar-refractivity contribution in [3.05, 3.63) is 71.8 Å². The lowest BCUT2D eigenvalue weighted by Crippen LogP contribution is -2.51. The molecule has 2 aromatic carbocycles. The van der Waals surface area contributed by atoms with Gasteiger partial charge in [-0.25, -0.2) is 0 Å². The molecule has 0 aromatic heterocycles. The smallest absolute Gasteiger partial charge is 0.151 e. The first-order chi connectivity index (χ1) is 11.8. The molecule has 4 rings (SSSR count). The van der Waals surface area contributed by atoms with Gasteiger partial charge in [-0.3, -0.25) is 4.79 Å². The van der Waals surface area contributed by atoms with Crippen molar-refractivity contribution in [2.75, 3.05) is 13.1 Å². The quantitative estimate of drug-likeness (QED) is 0.890. The number of rotatable bonds is 5. The Hall–Kier alpha value is -1.97. The number of nitrogens with one attached hydrogen (secondary N) is 1. The summed E-state index contributed by atoms with van der Waals surface area (Å²) >= 11 is 0.